The van der Waals surface area contributed by atoms with Gasteiger partial charge in [-0.25, -0.2) is 4.68 Å². The van der Waals surface area contributed by atoms with Crippen LogP contribution in [-0.2, 0) is 11.3 Å². The summed E-state index contributed by atoms with van der Waals surface area (Å²) in [5, 5.41) is 11.7. The number of nitrogen functional groups attached to an aromatic ring is 1. The average molecular weight is 462 g/mol. The predicted octanol–water partition coefficient (Wildman–Crippen LogP) is 3.23. The lowest BCUT2D eigenvalue weighted by Gasteiger charge is -2.09. The molecule has 0 aliphatic rings. The predicted molar refractivity (Wildman–Crippen MR) is 113 cm³/mol. The molecule has 0 saturated carbocycles. The van der Waals surface area contributed by atoms with Gasteiger partial charge in [0.1, 0.15) is 5.75 Å². The standard InChI is InChI=1S/C19H20BrN5O2S/c1-27-16-5-3-2-4-14(16)12-22-17(26)10-11-28-19-24-23-18(25(19)21)13-6-8-15(20)9-7-13/h2-9H,10-12,21H2,1H3,(H,22,26). The van der Waals surface area contributed by atoms with Gasteiger partial charge in [0.2, 0.25) is 11.1 Å². The summed E-state index contributed by atoms with van der Waals surface area (Å²) in [6.45, 7) is 0.425. The van der Waals surface area contributed by atoms with E-state index in [2.05, 4.69) is 31.4 Å². The zero-order valence-electron chi connectivity index (χ0n) is 15.3. The number of nitrogens with two attached hydrogens (primary N) is 1. The van der Waals surface area contributed by atoms with Crippen LogP contribution < -0.4 is 15.9 Å². The van der Waals surface area contributed by atoms with Crippen molar-refractivity contribution in [2.45, 2.75) is 18.1 Å². The van der Waals surface area contributed by atoms with E-state index in [1.54, 1.807) is 7.11 Å². The van der Waals surface area contributed by atoms with Gasteiger partial charge in [-0.05, 0) is 18.2 Å². The number of carbonyl (C=O) groups excluding carboxylic acids is 1. The lowest BCUT2D eigenvalue weighted by molar-refractivity contribution is -0.120. The minimum atomic E-state index is -0.0466. The zero-order valence-corrected chi connectivity index (χ0v) is 17.7. The van der Waals surface area contributed by atoms with Crippen LogP contribution >= 0.6 is 27.7 Å². The second-order valence-electron chi connectivity index (χ2n) is 5.87. The summed E-state index contributed by atoms with van der Waals surface area (Å²) in [6, 6.07) is 15.3. The number of amides is 1. The number of nitrogens with one attached hydrogen (secondary N) is 1. The molecule has 2 aromatic carbocycles. The molecular formula is C19H20BrN5O2S. The molecule has 3 N–H and O–H groups in total. The van der Waals surface area contributed by atoms with Crippen LogP contribution in [0.3, 0.4) is 0 Å². The van der Waals surface area contributed by atoms with Gasteiger partial charge >= 0.3 is 0 Å². The largest absolute Gasteiger partial charge is 0.496 e. The second-order valence-corrected chi connectivity index (χ2v) is 7.85. The van der Waals surface area contributed by atoms with E-state index in [1.165, 1.54) is 16.4 Å². The number of carbonyl (C=O) groups is 1. The van der Waals surface area contributed by atoms with E-state index in [4.69, 9.17) is 10.6 Å². The monoisotopic (exact) mass is 461 g/mol. The summed E-state index contributed by atoms with van der Waals surface area (Å²) < 4.78 is 7.71. The van der Waals surface area contributed by atoms with Crippen molar-refractivity contribution in [3.05, 3.63) is 58.6 Å². The number of aromatic nitrogens is 3. The van der Waals surface area contributed by atoms with Crippen LogP contribution in [0.5, 0.6) is 5.75 Å². The molecule has 0 unspecified atom stereocenters. The van der Waals surface area contributed by atoms with Crippen molar-refractivity contribution in [3.8, 4) is 17.1 Å². The highest BCUT2D eigenvalue weighted by molar-refractivity contribution is 9.10. The van der Waals surface area contributed by atoms with E-state index >= 15 is 0 Å². The fraction of sp³-hybridized carbons (Fsp3) is 0.211. The average Bonchev–Trinajstić information content (AvgIpc) is 3.07. The molecule has 0 bridgehead atoms. The number of hydrogen-bond donors (Lipinski definition) is 2. The molecular weight excluding hydrogens is 442 g/mol. The molecule has 0 aliphatic heterocycles. The maximum absolute atomic E-state index is 12.1. The molecule has 1 aromatic heterocycles. The Balaban J connectivity index is 1.50. The Morgan fingerprint density at radius 1 is 1.21 bits per heavy atom. The first-order chi connectivity index (χ1) is 13.6. The number of methoxy groups -OCH3 is 1. The molecule has 0 saturated heterocycles. The van der Waals surface area contributed by atoms with Gasteiger partial charge in [0.25, 0.3) is 0 Å². The summed E-state index contributed by atoms with van der Waals surface area (Å²) in [5.41, 5.74) is 1.81. The molecule has 3 aromatic rings. The number of thioether (sulfide) groups is 1. The van der Waals surface area contributed by atoms with E-state index in [0.29, 0.717) is 29.7 Å². The fourth-order valence-electron chi connectivity index (χ4n) is 2.54. The molecule has 146 valence electrons. The summed E-state index contributed by atoms with van der Waals surface area (Å²) in [5.74, 6) is 7.94. The van der Waals surface area contributed by atoms with Crippen LogP contribution in [0.1, 0.15) is 12.0 Å². The quantitative estimate of drug-likeness (QED) is 0.394. The Hall–Kier alpha value is -2.52. The highest BCUT2D eigenvalue weighted by atomic mass is 79.9. The smallest absolute Gasteiger partial charge is 0.221 e. The van der Waals surface area contributed by atoms with E-state index in [9.17, 15) is 4.79 Å². The third kappa shape index (κ3) is 5.05. The molecule has 1 amide bonds. The van der Waals surface area contributed by atoms with Gasteiger partial charge in [-0.15, -0.1) is 10.2 Å². The number of hydrogen-bond acceptors (Lipinski definition) is 6. The minimum absolute atomic E-state index is 0.0466. The molecule has 3 rings (SSSR count). The topological polar surface area (TPSA) is 95.1 Å². The van der Waals surface area contributed by atoms with Crippen LogP contribution in [0.4, 0.5) is 0 Å². The summed E-state index contributed by atoms with van der Waals surface area (Å²) in [7, 11) is 1.61. The first kappa shape index (κ1) is 20.2. The SMILES string of the molecule is COc1ccccc1CNC(=O)CCSc1nnc(-c2ccc(Br)cc2)n1N. The van der Waals surface area contributed by atoms with Gasteiger partial charge in [-0.2, -0.15) is 0 Å². The number of para-hydroxylation sites is 1. The van der Waals surface area contributed by atoms with E-state index < -0.39 is 0 Å². The van der Waals surface area contributed by atoms with Crippen molar-refractivity contribution >= 4 is 33.6 Å². The maximum Gasteiger partial charge on any atom is 0.221 e. The van der Waals surface area contributed by atoms with Gasteiger partial charge in [0.15, 0.2) is 5.82 Å². The number of rotatable bonds is 8. The van der Waals surface area contributed by atoms with Gasteiger partial charge in [-0.1, -0.05) is 58.0 Å². The third-order valence-electron chi connectivity index (χ3n) is 4.00. The van der Waals surface area contributed by atoms with Crippen LogP contribution in [0.25, 0.3) is 11.4 Å². The van der Waals surface area contributed by atoms with Crippen molar-refractivity contribution in [3.63, 3.8) is 0 Å². The number of halogens is 1. The van der Waals surface area contributed by atoms with Crippen molar-refractivity contribution < 1.29 is 9.53 Å². The van der Waals surface area contributed by atoms with Crippen molar-refractivity contribution in [1.82, 2.24) is 20.2 Å². The Bertz CT molecular complexity index is 946. The van der Waals surface area contributed by atoms with Crippen LogP contribution in [0.15, 0.2) is 58.2 Å². The lowest BCUT2D eigenvalue weighted by atomic mass is 10.2. The summed E-state index contributed by atoms with van der Waals surface area (Å²) in [4.78, 5) is 12.1. The Kier molecular flexibility index (Phi) is 6.94. The molecule has 0 aliphatic carbocycles. The first-order valence-corrected chi connectivity index (χ1v) is 10.3. The summed E-state index contributed by atoms with van der Waals surface area (Å²) in [6.07, 6.45) is 0.348. The lowest BCUT2D eigenvalue weighted by Crippen LogP contribution is -2.23. The molecule has 28 heavy (non-hydrogen) atoms. The third-order valence-corrected chi connectivity index (χ3v) is 5.47. The summed E-state index contributed by atoms with van der Waals surface area (Å²) >= 11 is 4.79. The van der Waals surface area contributed by atoms with Gasteiger partial charge in [0.05, 0.1) is 7.11 Å². The van der Waals surface area contributed by atoms with Crippen molar-refractivity contribution in [2.75, 3.05) is 18.7 Å². The minimum Gasteiger partial charge on any atom is -0.496 e. The fourth-order valence-corrected chi connectivity index (χ4v) is 3.60. The highest BCUT2D eigenvalue weighted by Gasteiger charge is 2.13. The molecule has 0 radical (unpaired) electrons. The van der Waals surface area contributed by atoms with Crippen LogP contribution in [-0.4, -0.2) is 33.6 Å². The van der Waals surface area contributed by atoms with Gasteiger partial charge in [0, 0.05) is 34.3 Å². The first-order valence-electron chi connectivity index (χ1n) is 8.56. The van der Waals surface area contributed by atoms with E-state index in [1.807, 2.05) is 48.5 Å². The molecule has 0 fully saturated rings. The molecule has 9 heteroatoms. The Labute approximate surface area is 175 Å². The number of ether oxygens (including phenoxy) is 1. The number of benzene rings is 2. The van der Waals surface area contributed by atoms with Gasteiger partial charge < -0.3 is 15.9 Å². The Morgan fingerprint density at radius 2 is 1.96 bits per heavy atom. The van der Waals surface area contributed by atoms with Gasteiger partial charge in [-0.3, -0.25) is 4.79 Å². The number of nitrogens with zero attached hydrogens (tertiary/aromatic N) is 3. The highest BCUT2D eigenvalue weighted by Crippen LogP contribution is 2.23. The molecule has 1 heterocycles. The molecule has 0 spiro atoms. The molecule has 0 atom stereocenters. The molecule has 7 nitrogen and oxygen atoms in total. The maximum atomic E-state index is 12.1. The van der Waals surface area contributed by atoms with Crippen LogP contribution in [0, 0.1) is 0 Å². The van der Waals surface area contributed by atoms with Crippen LogP contribution in [0.2, 0.25) is 0 Å². The Morgan fingerprint density at radius 3 is 2.71 bits per heavy atom. The van der Waals surface area contributed by atoms with E-state index in [0.717, 1.165) is 21.3 Å². The van der Waals surface area contributed by atoms with E-state index in [-0.39, 0.29) is 5.91 Å². The second kappa shape index (κ2) is 9.61. The van der Waals surface area contributed by atoms with Crippen molar-refractivity contribution in [1.29, 1.82) is 0 Å². The van der Waals surface area contributed by atoms with Crippen molar-refractivity contribution in [2.24, 2.45) is 0 Å². The zero-order chi connectivity index (χ0) is 19.9. The normalized spacial score (nSPS) is 10.6.